The molecule has 0 unspecified atom stereocenters. The third-order valence-corrected chi connectivity index (χ3v) is 4.16. The van der Waals surface area contributed by atoms with Crippen molar-refractivity contribution in [2.45, 2.75) is 6.92 Å². The number of furan rings is 1. The number of pyridine rings is 1. The monoisotopic (exact) mass is 337 g/mol. The lowest BCUT2D eigenvalue weighted by Crippen LogP contribution is -1.91. The summed E-state index contributed by atoms with van der Waals surface area (Å²) in [6, 6.07) is 17.7. The van der Waals surface area contributed by atoms with Crippen LogP contribution in [0.1, 0.15) is 5.76 Å². The summed E-state index contributed by atoms with van der Waals surface area (Å²) >= 11 is 6.14. The van der Waals surface area contributed by atoms with Crippen molar-refractivity contribution in [1.82, 2.24) is 4.98 Å². The average Bonchev–Trinajstić information content (AvgIpc) is 3.01. The molecule has 0 fully saturated rings. The van der Waals surface area contributed by atoms with E-state index in [9.17, 15) is 4.39 Å². The van der Waals surface area contributed by atoms with Crippen molar-refractivity contribution in [3.8, 4) is 22.6 Å². The van der Waals surface area contributed by atoms with Gasteiger partial charge in [-0.15, -0.1) is 0 Å². The third-order valence-electron chi connectivity index (χ3n) is 3.93. The highest BCUT2D eigenvalue weighted by Crippen LogP contribution is 2.35. The van der Waals surface area contributed by atoms with Crippen LogP contribution in [0.2, 0.25) is 5.02 Å². The molecular formula is C20H13ClFNO. The Morgan fingerprint density at radius 1 is 0.958 bits per heavy atom. The van der Waals surface area contributed by atoms with E-state index in [1.807, 2.05) is 43.3 Å². The summed E-state index contributed by atoms with van der Waals surface area (Å²) in [6.07, 6.45) is 0. The van der Waals surface area contributed by atoms with E-state index < -0.39 is 0 Å². The summed E-state index contributed by atoms with van der Waals surface area (Å²) < 4.78 is 20.0. The molecule has 2 aromatic heterocycles. The van der Waals surface area contributed by atoms with E-state index in [1.165, 1.54) is 6.07 Å². The van der Waals surface area contributed by atoms with E-state index in [2.05, 4.69) is 4.98 Å². The van der Waals surface area contributed by atoms with Crippen LogP contribution in [0.25, 0.3) is 33.5 Å². The molecule has 0 N–H and O–H groups in total. The highest BCUT2D eigenvalue weighted by atomic mass is 35.5. The molecule has 0 aliphatic heterocycles. The van der Waals surface area contributed by atoms with Crippen LogP contribution < -0.4 is 0 Å². The molecule has 0 amide bonds. The van der Waals surface area contributed by atoms with Crippen molar-refractivity contribution >= 4 is 22.5 Å². The summed E-state index contributed by atoms with van der Waals surface area (Å²) in [5.74, 6) is 1.17. The Labute approximate surface area is 143 Å². The van der Waals surface area contributed by atoms with Crippen LogP contribution in [0.4, 0.5) is 4.39 Å². The predicted octanol–water partition coefficient (Wildman–Crippen LogP) is 6.26. The second-order valence-electron chi connectivity index (χ2n) is 5.61. The maximum Gasteiger partial charge on any atom is 0.152 e. The zero-order valence-corrected chi connectivity index (χ0v) is 13.6. The Hall–Kier alpha value is -2.65. The van der Waals surface area contributed by atoms with Gasteiger partial charge in [-0.25, -0.2) is 9.37 Å². The zero-order valence-electron chi connectivity index (χ0n) is 12.9. The van der Waals surface area contributed by atoms with Gasteiger partial charge in [-0.05, 0) is 55.0 Å². The predicted molar refractivity (Wildman–Crippen MR) is 94.6 cm³/mol. The summed E-state index contributed by atoms with van der Waals surface area (Å²) in [4.78, 5) is 4.64. The van der Waals surface area contributed by atoms with Crippen LogP contribution in [-0.4, -0.2) is 4.98 Å². The fraction of sp³-hybridized carbons (Fsp3) is 0.0500. The molecule has 0 spiro atoms. The van der Waals surface area contributed by atoms with Gasteiger partial charge in [0.1, 0.15) is 17.3 Å². The van der Waals surface area contributed by atoms with Gasteiger partial charge in [0.2, 0.25) is 0 Å². The number of hydrogen-bond donors (Lipinski definition) is 0. The third kappa shape index (κ3) is 2.57. The number of nitrogens with zero attached hydrogens (tertiary/aromatic N) is 1. The van der Waals surface area contributed by atoms with Gasteiger partial charge >= 0.3 is 0 Å². The highest BCUT2D eigenvalue weighted by Gasteiger charge is 2.14. The van der Waals surface area contributed by atoms with Crippen LogP contribution in [0.5, 0.6) is 0 Å². The maximum absolute atomic E-state index is 14.4. The van der Waals surface area contributed by atoms with Crippen LogP contribution >= 0.6 is 11.6 Å². The molecule has 118 valence electrons. The number of benzene rings is 2. The lowest BCUT2D eigenvalue weighted by atomic mass is 9.99. The molecule has 0 aliphatic carbocycles. The van der Waals surface area contributed by atoms with Crippen molar-refractivity contribution in [2.24, 2.45) is 0 Å². The van der Waals surface area contributed by atoms with E-state index >= 15 is 0 Å². The molecule has 24 heavy (non-hydrogen) atoms. The van der Waals surface area contributed by atoms with Gasteiger partial charge in [-0.3, -0.25) is 0 Å². The lowest BCUT2D eigenvalue weighted by Gasteiger charge is -2.10. The molecule has 0 saturated carbocycles. The SMILES string of the molecule is Cc1ccc(-c2cc(-c3ccccc3F)c3cc(Cl)ccc3n2)o1. The van der Waals surface area contributed by atoms with Gasteiger partial charge in [-0.1, -0.05) is 29.8 Å². The quantitative estimate of drug-likeness (QED) is 0.431. The Morgan fingerprint density at radius 3 is 2.54 bits per heavy atom. The molecule has 2 heterocycles. The number of fused-ring (bicyclic) bond motifs is 1. The Kier molecular flexibility index (Phi) is 3.58. The Balaban J connectivity index is 2.05. The largest absolute Gasteiger partial charge is 0.460 e. The van der Waals surface area contributed by atoms with E-state index in [1.54, 1.807) is 18.2 Å². The maximum atomic E-state index is 14.4. The van der Waals surface area contributed by atoms with Gasteiger partial charge in [0.05, 0.1) is 5.52 Å². The van der Waals surface area contributed by atoms with Gasteiger partial charge < -0.3 is 4.42 Å². The fourth-order valence-corrected chi connectivity index (χ4v) is 2.97. The summed E-state index contributed by atoms with van der Waals surface area (Å²) in [5, 5.41) is 1.39. The number of halogens is 2. The minimum absolute atomic E-state index is 0.286. The van der Waals surface area contributed by atoms with Crippen LogP contribution in [-0.2, 0) is 0 Å². The van der Waals surface area contributed by atoms with Crippen molar-refractivity contribution in [1.29, 1.82) is 0 Å². The standard InChI is InChI=1S/C20H13ClFNO/c1-12-6-9-20(24-12)19-11-15(14-4-2-3-5-17(14)22)16-10-13(21)7-8-18(16)23-19/h2-11H,1H3. The topological polar surface area (TPSA) is 26.0 Å². The summed E-state index contributed by atoms with van der Waals surface area (Å²) in [7, 11) is 0. The molecule has 0 bridgehead atoms. The fourth-order valence-electron chi connectivity index (χ4n) is 2.80. The first-order chi connectivity index (χ1) is 11.6. The average molecular weight is 338 g/mol. The zero-order chi connectivity index (χ0) is 16.7. The Bertz CT molecular complexity index is 1050. The summed E-state index contributed by atoms with van der Waals surface area (Å²) in [5.41, 5.74) is 2.65. The van der Waals surface area contributed by atoms with Crippen molar-refractivity contribution in [2.75, 3.05) is 0 Å². The second-order valence-corrected chi connectivity index (χ2v) is 6.04. The molecule has 4 aromatic rings. The molecule has 0 atom stereocenters. The Morgan fingerprint density at radius 2 is 1.79 bits per heavy atom. The smallest absolute Gasteiger partial charge is 0.152 e. The van der Waals surface area contributed by atoms with Gasteiger partial charge in [-0.2, -0.15) is 0 Å². The minimum atomic E-state index is -0.286. The van der Waals surface area contributed by atoms with Gasteiger partial charge in [0.15, 0.2) is 5.76 Å². The normalized spacial score (nSPS) is 11.1. The van der Waals surface area contributed by atoms with Crippen molar-refractivity contribution in [3.05, 3.63) is 77.3 Å². The molecule has 0 aliphatic rings. The van der Waals surface area contributed by atoms with Crippen LogP contribution in [0.15, 0.2) is 65.1 Å². The number of aryl methyl sites for hydroxylation is 1. The minimum Gasteiger partial charge on any atom is -0.460 e. The van der Waals surface area contributed by atoms with Gasteiger partial charge in [0, 0.05) is 16.0 Å². The highest BCUT2D eigenvalue weighted by molar-refractivity contribution is 6.31. The van der Waals surface area contributed by atoms with E-state index in [-0.39, 0.29) is 5.82 Å². The van der Waals surface area contributed by atoms with Crippen LogP contribution in [0, 0.1) is 12.7 Å². The number of hydrogen-bond acceptors (Lipinski definition) is 2. The molecule has 4 heteroatoms. The number of rotatable bonds is 2. The van der Waals surface area contributed by atoms with E-state index in [0.717, 1.165) is 22.2 Å². The molecule has 0 radical (unpaired) electrons. The van der Waals surface area contributed by atoms with Gasteiger partial charge in [0.25, 0.3) is 0 Å². The first-order valence-electron chi connectivity index (χ1n) is 7.54. The van der Waals surface area contributed by atoms with Crippen molar-refractivity contribution < 1.29 is 8.81 Å². The molecule has 2 nitrogen and oxygen atoms in total. The van der Waals surface area contributed by atoms with E-state index in [4.69, 9.17) is 16.0 Å². The van der Waals surface area contributed by atoms with Crippen LogP contribution in [0.3, 0.4) is 0 Å². The number of aromatic nitrogens is 1. The first kappa shape index (κ1) is 14.9. The second kappa shape index (κ2) is 5.77. The van der Waals surface area contributed by atoms with Crippen molar-refractivity contribution in [3.63, 3.8) is 0 Å². The molecule has 0 saturated heterocycles. The molecule has 2 aromatic carbocycles. The van der Waals surface area contributed by atoms with E-state index in [0.29, 0.717) is 22.0 Å². The lowest BCUT2D eigenvalue weighted by molar-refractivity contribution is 0.546. The molecule has 4 rings (SSSR count). The first-order valence-corrected chi connectivity index (χ1v) is 7.91. The summed E-state index contributed by atoms with van der Waals surface area (Å²) in [6.45, 7) is 1.88. The molecular weight excluding hydrogens is 325 g/mol.